The zero-order valence-electron chi connectivity index (χ0n) is 11.6. The number of nitrogens with zero attached hydrogens (tertiary/aromatic N) is 1. The fourth-order valence-electron chi connectivity index (χ4n) is 1.79. The predicted octanol–water partition coefficient (Wildman–Crippen LogP) is 2.26. The van der Waals surface area contributed by atoms with E-state index in [1.54, 1.807) is 7.11 Å². The Labute approximate surface area is 130 Å². The van der Waals surface area contributed by atoms with E-state index in [1.165, 1.54) is 23.9 Å². The van der Waals surface area contributed by atoms with Gasteiger partial charge >= 0.3 is 0 Å². The van der Waals surface area contributed by atoms with Gasteiger partial charge in [-0.05, 0) is 23.8 Å². The van der Waals surface area contributed by atoms with Gasteiger partial charge < -0.3 is 14.6 Å². The van der Waals surface area contributed by atoms with E-state index in [2.05, 4.69) is 0 Å². The molecule has 0 unspecified atom stereocenters. The number of nitro groups is 1. The molecule has 0 aromatic heterocycles. The largest absolute Gasteiger partial charge is 0.545 e. The molecule has 0 aliphatic heterocycles. The third kappa shape index (κ3) is 3.76. The lowest BCUT2D eigenvalue weighted by Gasteiger charge is -2.07. The summed E-state index contributed by atoms with van der Waals surface area (Å²) in [6.45, 7) is 0. The van der Waals surface area contributed by atoms with Crippen molar-refractivity contribution in [1.29, 1.82) is 0 Å². The van der Waals surface area contributed by atoms with Crippen LogP contribution in [0, 0.1) is 10.1 Å². The smallest absolute Gasteiger partial charge is 0.283 e. The van der Waals surface area contributed by atoms with Gasteiger partial charge in [0.1, 0.15) is 5.75 Å². The van der Waals surface area contributed by atoms with Crippen molar-refractivity contribution >= 4 is 23.4 Å². The van der Waals surface area contributed by atoms with E-state index < -0.39 is 10.9 Å². The molecule has 0 heterocycles. The average molecular weight is 318 g/mol. The molecule has 0 N–H and O–H groups in total. The summed E-state index contributed by atoms with van der Waals surface area (Å²) < 4.78 is 5.06. The second-order valence-electron chi connectivity index (χ2n) is 4.36. The van der Waals surface area contributed by atoms with E-state index in [4.69, 9.17) is 4.74 Å². The highest BCUT2D eigenvalue weighted by atomic mass is 32.2. The molecule has 0 radical (unpaired) electrons. The fourth-order valence-corrected chi connectivity index (χ4v) is 2.75. The Balaban J connectivity index is 2.17. The molecule has 0 atom stereocenters. The number of rotatable bonds is 6. The minimum absolute atomic E-state index is 0.208. The average Bonchev–Trinajstić information content (AvgIpc) is 2.53. The Bertz CT molecular complexity index is 700. The van der Waals surface area contributed by atoms with Crippen molar-refractivity contribution < 1.29 is 19.6 Å². The molecule has 0 spiro atoms. The first-order valence-electron chi connectivity index (χ1n) is 6.27. The van der Waals surface area contributed by atoms with Crippen LogP contribution in [0.25, 0.3) is 0 Å². The lowest BCUT2D eigenvalue weighted by molar-refractivity contribution is -0.387. The lowest BCUT2D eigenvalue weighted by Crippen LogP contribution is -2.22. The van der Waals surface area contributed by atoms with E-state index in [1.807, 2.05) is 24.3 Å². The molecule has 22 heavy (non-hydrogen) atoms. The standard InChI is InChI=1S/C15H13NO5S/c1-21-12-5-2-10(3-6-12)9-22-14-7-4-11(15(17)18)8-13(14)16(19)20/h2-8H,9H2,1H3,(H,17,18)/p-1. The zero-order chi connectivity index (χ0) is 16.1. The maximum absolute atomic E-state index is 11.1. The normalized spacial score (nSPS) is 10.2. The molecule has 0 amide bonds. The van der Waals surface area contributed by atoms with Crippen LogP contribution in [-0.2, 0) is 5.75 Å². The topological polar surface area (TPSA) is 92.5 Å². The molecule has 0 aliphatic rings. The van der Waals surface area contributed by atoms with Gasteiger partial charge in [-0.2, -0.15) is 0 Å². The van der Waals surface area contributed by atoms with Crippen molar-refractivity contribution in [3.63, 3.8) is 0 Å². The van der Waals surface area contributed by atoms with Crippen molar-refractivity contribution in [3.05, 3.63) is 63.7 Å². The molecule has 2 aromatic rings. The van der Waals surface area contributed by atoms with E-state index >= 15 is 0 Å². The predicted molar refractivity (Wildman–Crippen MR) is 80.0 cm³/mol. The Morgan fingerprint density at radius 1 is 1.23 bits per heavy atom. The van der Waals surface area contributed by atoms with E-state index in [0.717, 1.165) is 17.4 Å². The zero-order valence-corrected chi connectivity index (χ0v) is 12.5. The Morgan fingerprint density at radius 2 is 1.91 bits per heavy atom. The third-order valence-corrected chi connectivity index (χ3v) is 4.08. The number of carboxylic acid groups (broad SMARTS) is 1. The molecule has 0 saturated carbocycles. The number of benzene rings is 2. The second kappa shape index (κ2) is 6.95. The van der Waals surface area contributed by atoms with Crippen LogP contribution in [0.4, 0.5) is 5.69 Å². The van der Waals surface area contributed by atoms with Crippen molar-refractivity contribution in [3.8, 4) is 5.75 Å². The summed E-state index contributed by atoms with van der Waals surface area (Å²) in [6, 6.07) is 11.1. The lowest BCUT2D eigenvalue weighted by atomic mass is 10.2. The number of thioether (sulfide) groups is 1. The van der Waals surface area contributed by atoms with E-state index in [0.29, 0.717) is 10.6 Å². The SMILES string of the molecule is COc1ccc(CSc2ccc(C(=O)[O-])cc2[N+](=O)[O-])cc1. The summed E-state index contributed by atoms with van der Waals surface area (Å²) in [5, 5.41) is 21.8. The number of ether oxygens (including phenoxy) is 1. The minimum atomic E-state index is -1.44. The Kier molecular flexibility index (Phi) is 5.00. The third-order valence-electron chi connectivity index (χ3n) is 2.94. The highest BCUT2D eigenvalue weighted by molar-refractivity contribution is 7.98. The number of aromatic carboxylic acids is 1. The molecule has 0 fully saturated rings. The van der Waals surface area contributed by atoms with Crippen LogP contribution in [0.3, 0.4) is 0 Å². The van der Waals surface area contributed by atoms with Gasteiger partial charge in [0.2, 0.25) is 0 Å². The molecule has 0 aliphatic carbocycles. The van der Waals surface area contributed by atoms with Crippen LogP contribution in [0.5, 0.6) is 5.75 Å². The van der Waals surface area contributed by atoms with Crippen LogP contribution in [-0.4, -0.2) is 18.0 Å². The molecule has 114 valence electrons. The van der Waals surface area contributed by atoms with Gasteiger partial charge in [0, 0.05) is 17.4 Å². The monoisotopic (exact) mass is 318 g/mol. The number of nitro benzene ring substituents is 1. The van der Waals surface area contributed by atoms with Crippen molar-refractivity contribution in [1.82, 2.24) is 0 Å². The van der Waals surface area contributed by atoms with Gasteiger partial charge in [-0.25, -0.2) is 0 Å². The minimum Gasteiger partial charge on any atom is -0.545 e. The molecule has 7 heteroatoms. The molecule has 0 saturated heterocycles. The first-order valence-corrected chi connectivity index (χ1v) is 7.25. The number of carbonyl (C=O) groups is 1. The van der Waals surface area contributed by atoms with Crippen molar-refractivity contribution in [2.75, 3.05) is 7.11 Å². The summed E-state index contributed by atoms with van der Waals surface area (Å²) in [5.41, 5.74) is 0.532. The molecule has 0 bridgehead atoms. The number of carboxylic acids is 1. The van der Waals surface area contributed by atoms with Gasteiger partial charge in [-0.1, -0.05) is 18.2 Å². The van der Waals surface area contributed by atoms with Crippen LogP contribution >= 0.6 is 11.8 Å². The maximum atomic E-state index is 11.1. The van der Waals surface area contributed by atoms with Gasteiger partial charge in [-0.3, -0.25) is 10.1 Å². The van der Waals surface area contributed by atoms with E-state index in [-0.39, 0.29) is 11.3 Å². The van der Waals surface area contributed by atoms with Crippen molar-refractivity contribution in [2.24, 2.45) is 0 Å². The summed E-state index contributed by atoms with van der Waals surface area (Å²) in [5.74, 6) is -0.178. The van der Waals surface area contributed by atoms with Crippen LogP contribution in [0.1, 0.15) is 15.9 Å². The van der Waals surface area contributed by atoms with Gasteiger partial charge in [-0.15, -0.1) is 11.8 Å². The molecular weight excluding hydrogens is 306 g/mol. The molecule has 2 rings (SSSR count). The number of hydrogen-bond donors (Lipinski definition) is 0. The Morgan fingerprint density at radius 3 is 2.45 bits per heavy atom. The van der Waals surface area contributed by atoms with Crippen LogP contribution < -0.4 is 9.84 Å². The molecular formula is C15H12NO5S-. The first-order chi connectivity index (χ1) is 10.5. The number of carbonyl (C=O) groups excluding carboxylic acids is 1. The van der Waals surface area contributed by atoms with Gasteiger partial charge in [0.05, 0.1) is 22.9 Å². The first kappa shape index (κ1) is 15.8. The van der Waals surface area contributed by atoms with Gasteiger partial charge in [0.15, 0.2) is 0 Å². The maximum Gasteiger partial charge on any atom is 0.283 e. The number of hydrogen-bond acceptors (Lipinski definition) is 6. The molecule has 6 nitrogen and oxygen atoms in total. The summed E-state index contributed by atoms with van der Waals surface area (Å²) in [4.78, 5) is 21.6. The summed E-state index contributed by atoms with van der Waals surface area (Å²) >= 11 is 1.27. The van der Waals surface area contributed by atoms with Crippen molar-refractivity contribution in [2.45, 2.75) is 10.6 Å². The Hall–Kier alpha value is -2.54. The van der Waals surface area contributed by atoms with Crippen LogP contribution in [0.2, 0.25) is 0 Å². The number of methoxy groups -OCH3 is 1. The fraction of sp³-hybridized carbons (Fsp3) is 0.133. The highest BCUT2D eigenvalue weighted by Crippen LogP contribution is 2.32. The molecule has 2 aromatic carbocycles. The summed E-state index contributed by atoms with van der Waals surface area (Å²) in [7, 11) is 1.58. The quantitative estimate of drug-likeness (QED) is 0.461. The van der Waals surface area contributed by atoms with Crippen LogP contribution in [0.15, 0.2) is 47.4 Å². The van der Waals surface area contributed by atoms with Gasteiger partial charge in [0.25, 0.3) is 5.69 Å². The second-order valence-corrected chi connectivity index (χ2v) is 5.38. The highest BCUT2D eigenvalue weighted by Gasteiger charge is 2.15. The van der Waals surface area contributed by atoms with E-state index in [9.17, 15) is 20.0 Å². The summed E-state index contributed by atoms with van der Waals surface area (Å²) in [6.07, 6.45) is 0.